The highest BCUT2D eigenvalue weighted by molar-refractivity contribution is 7.89. The monoisotopic (exact) mass is 357 g/mol. The lowest BCUT2D eigenvalue weighted by atomic mass is 10.1. The van der Waals surface area contributed by atoms with Crippen molar-refractivity contribution in [2.45, 2.75) is 17.5 Å². The number of hydrogen-bond acceptors (Lipinski definition) is 3. The fourth-order valence-electron chi connectivity index (χ4n) is 2.18. The maximum Gasteiger partial charge on any atom is 0.417 e. The highest BCUT2D eigenvalue weighted by Crippen LogP contribution is 2.36. The van der Waals surface area contributed by atoms with Crippen molar-refractivity contribution in [1.82, 2.24) is 4.31 Å². The number of hydrogen-bond donors (Lipinski definition) is 1. The number of carboxylic acids is 1. The average molecular weight is 358 g/mol. The third-order valence-electron chi connectivity index (χ3n) is 3.38. The normalized spacial score (nSPS) is 20.3. The fraction of sp³-hybridized carbons (Fsp3) is 0.417. The molecule has 22 heavy (non-hydrogen) atoms. The Morgan fingerprint density at radius 1 is 1.36 bits per heavy atom. The lowest BCUT2D eigenvalue weighted by molar-refractivity contribution is -0.141. The van der Waals surface area contributed by atoms with Crippen LogP contribution >= 0.6 is 11.6 Å². The van der Waals surface area contributed by atoms with E-state index in [1.807, 2.05) is 0 Å². The molecular formula is C12H11ClF3NO4S. The number of sulfonamides is 1. The van der Waals surface area contributed by atoms with Crippen LogP contribution in [-0.4, -0.2) is 36.9 Å². The van der Waals surface area contributed by atoms with Gasteiger partial charge in [-0.2, -0.15) is 17.5 Å². The van der Waals surface area contributed by atoms with Crippen LogP contribution in [0.1, 0.15) is 12.0 Å². The second kappa shape index (κ2) is 5.71. The smallest absolute Gasteiger partial charge is 0.417 e. The number of carboxylic acid groups (broad SMARTS) is 1. The van der Waals surface area contributed by atoms with Gasteiger partial charge in [0.1, 0.15) is 0 Å². The Morgan fingerprint density at radius 2 is 2.00 bits per heavy atom. The molecule has 10 heteroatoms. The molecule has 0 amide bonds. The molecule has 1 aliphatic heterocycles. The van der Waals surface area contributed by atoms with Crippen LogP contribution in [0.15, 0.2) is 23.1 Å². The molecule has 5 nitrogen and oxygen atoms in total. The predicted octanol–water partition coefficient (Wildman–Crippen LogP) is 2.45. The summed E-state index contributed by atoms with van der Waals surface area (Å²) in [6, 6.07) is 2.30. The summed E-state index contributed by atoms with van der Waals surface area (Å²) >= 11 is 5.45. The molecule has 1 aromatic rings. The predicted molar refractivity (Wildman–Crippen MR) is 71.0 cm³/mol. The van der Waals surface area contributed by atoms with Gasteiger partial charge in [0.05, 0.1) is 21.4 Å². The molecule has 1 aromatic carbocycles. The fourth-order valence-corrected chi connectivity index (χ4v) is 3.93. The summed E-state index contributed by atoms with van der Waals surface area (Å²) in [5.41, 5.74) is -1.25. The van der Waals surface area contributed by atoms with Crippen molar-refractivity contribution in [2.75, 3.05) is 13.1 Å². The molecule has 2 rings (SSSR count). The SMILES string of the molecule is O=C(O)[C@@H]1CCN(S(=O)(=O)c2ccc(Cl)c(C(F)(F)F)c2)C1. The van der Waals surface area contributed by atoms with Crippen molar-refractivity contribution in [1.29, 1.82) is 0 Å². The lowest BCUT2D eigenvalue weighted by Gasteiger charge is -2.17. The van der Waals surface area contributed by atoms with E-state index in [9.17, 15) is 26.4 Å². The zero-order chi connectivity index (χ0) is 16.7. The molecule has 1 heterocycles. The van der Waals surface area contributed by atoms with E-state index in [2.05, 4.69) is 0 Å². The molecule has 1 aliphatic rings. The molecule has 0 saturated carbocycles. The number of nitrogens with zero attached hydrogens (tertiary/aromatic N) is 1. The summed E-state index contributed by atoms with van der Waals surface area (Å²) in [5.74, 6) is -1.99. The van der Waals surface area contributed by atoms with Crippen LogP contribution in [0.2, 0.25) is 5.02 Å². The van der Waals surface area contributed by atoms with E-state index < -0.39 is 43.6 Å². The standard InChI is InChI=1S/C12H11ClF3NO4S/c13-10-2-1-8(5-9(10)12(14,15)16)22(20,21)17-4-3-7(6-17)11(18)19/h1-2,5,7H,3-4,6H2,(H,18,19)/t7-/m1/s1. The minimum atomic E-state index is -4.78. The van der Waals surface area contributed by atoms with E-state index >= 15 is 0 Å². The molecule has 0 aliphatic carbocycles. The van der Waals surface area contributed by atoms with Gasteiger partial charge in [-0.15, -0.1) is 0 Å². The van der Waals surface area contributed by atoms with Crippen LogP contribution in [0.5, 0.6) is 0 Å². The van der Waals surface area contributed by atoms with Gasteiger partial charge in [-0.1, -0.05) is 11.6 Å². The molecule has 1 N–H and O–H groups in total. The summed E-state index contributed by atoms with van der Waals surface area (Å²) in [5, 5.41) is 8.27. The number of carbonyl (C=O) groups is 1. The molecule has 1 saturated heterocycles. The van der Waals surface area contributed by atoms with Gasteiger partial charge in [-0.3, -0.25) is 4.79 Å². The maximum atomic E-state index is 12.8. The lowest BCUT2D eigenvalue weighted by Crippen LogP contribution is -2.30. The Bertz CT molecular complexity index is 705. The first-order valence-electron chi connectivity index (χ1n) is 6.13. The minimum absolute atomic E-state index is 0.0523. The summed E-state index contributed by atoms with van der Waals surface area (Å²) in [7, 11) is -4.19. The molecule has 0 unspecified atom stereocenters. The molecule has 0 spiro atoms. The zero-order valence-corrected chi connectivity index (χ0v) is 12.5. The van der Waals surface area contributed by atoms with Crippen molar-refractivity contribution in [3.05, 3.63) is 28.8 Å². The second-order valence-electron chi connectivity index (χ2n) is 4.83. The van der Waals surface area contributed by atoms with E-state index in [-0.39, 0.29) is 19.5 Å². The first kappa shape index (κ1) is 17.0. The van der Waals surface area contributed by atoms with E-state index in [0.29, 0.717) is 6.07 Å². The van der Waals surface area contributed by atoms with Gasteiger partial charge in [0.25, 0.3) is 0 Å². The van der Waals surface area contributed by atoms with Gasteiger partial charge in [0.15, 0.2) is 0 Å². The van der Waals surface area contributed by atoms with Gasteiger partial charge in [-0.05, 0) is 24.6 Å². The Labute approximate surface area is 129 Å². The average Bonchev–Trinajstić information content (AvgIpc) is 2.87. The summed E-state index contributed by atoms with van der Waals surface area (Å²) in [6.45, 7) is -0.315. The van der Waals surface area contributed by atoms with Crippen LogP contribution in [0.25, 0.3) is 0 Å². The van der Waals surface area contributed by atoms with Crippen LogP contribution in [0.3, 0.4) is 0 Å². The number of alkyl halides is 3. The Morgan fingerprint density at radius 3 is 2.50 bits per heavy atom. The number of rotatable bonds is 3. The van der Waals surface area contributed by atoms with Gasteiger partial charge in [-0.25, -0.2) is 8.42 Å². The van der Waals surface area contributed by atoms with Crippen molar-refractivity contribution in [3.8, 4) is 0 Å². The maximum absolute atomic E-state index is 12.8. The van der Waals surface area contributed by atoms with E-state index in [4.69, 9.17) is 16.7 Å². The second-order valence-corrected chi connectivity index (χ2v) is 7.17. The van der Waals surface area contributed by atoms with Crippen LogP contribution in [-0.2, 0) is 21.0 Å². The molecule has 1 atom stereocenters. The van der Waals surface area contributed by atoms with Gasteiger partial charge in [0, 0.05) is 13.1 Å². The van der Waals surface area contributed by atoms with Crippen molar-refractivity contribution < 1.29 is 31.5 Å². The Balaban J connectivity index is 2.37. The summed E-state index contributed by atoms with van der Waals surface area (Å²) in [4.78, 5) is 10.3. The van der Waals surface area contributed by atoms with E-state index in [1.54, 1.807) is 0 Å². The number of halogens is 4. The zero-order valence-electron chi connectivity index (χ0n) is 11.0. The van der Waals surface area contributed by atoms with E-state index in [0.717, 1.165) is 16.4 Å². The van der Waals surface area contributed by atoms with Gasteiger partial charge >= 0.3 is 12.1 Å². The Hall–Kier alpha value is -1.32. The van der Waals surface area contributed by atoms with Crippen LogP contribution in [0, 0.1) is 5.92 Å². The first-order valence-corrected chi connectivity index (χ1v) is 7.95. The molecule has 0 radical (unpaired) electrons. The first-order chi connectivity index (χ1) is 10.0. The largest absolute Gasteiger partial charge is 0.481 e. The third-order valence-corrected chi connectivity index (χ3v) is 5.57. The number of aliphatic carboxylic acids is 1. The summed E-state index contributed by atoms with van der Waals surface area (Å²) < 4.78 is 63.9. The molecule has 0 aromatic heterocycles. The molecular weight excluding hydrogens is 347 g/mol. The van der Waals surface area contributed by atoms with E-state index in [1.165, 1.54) is 0 Å². The topological polar surface area (TPSA) is 74.7 Å². The molecule has 1 fully saturated rings. The van der Waals surface area contributed by atoms with Crippen LogP contribution in [0.4, 0.5) is 13.2 Å². The highest BCUT2D eigenvalue weighted by Gasteiger charge is 2.38. The highest BCUT2D eigenvalue weighted by atomic mass is 35.5. The summed E-state index contributed by atoms with van der Waals surface area (Å²) in [6.07, 6.45) is -4.66. The Kier molecular flexibility index (Phi) is 4.42. The van der Waals surface area contributed by atoms with Crippen molar-refractivity contribution in [3.63, 3.8) is 0 Å². The molecule has 122 valence electrons. The molecule has 0 bridgehead atoms. The van der Waals surface area contributed by atoms with Gasteiger partial charge in [0.2, 0.25) is 10.0 Å². The van der Waals surface area contributed by atoms with Crippen molar-refractivity contribution >= 4 is 27.6 Å². The van der Waals surface area contributed by atoms with Crippen LogP contribution < -0.4 is 0 Å². The third kappa shape index (κ3) is 3.21. The number of benzene rings is 1. The quantitative estimate of drug-likeness (QED) is 0.901. The van der Waals surface area contributed by atoms with Gasteiger partial charge < -0.3 is 5.11 Å². The minimum Gasteiger partial charge on any atom is -0.481 e. The van der Waals surface area contributed by atoms with Crippen molar-refractivity contribution in [2.24, 2.45) is 5.92 Å².